The van der Waals surface area contributed by atoms with Gasteiger partial charge in [-0.3, -0.25) is 9.69 Å². The van der Waals surface area contributed by atoms with Gasteiger partial charge in [-0.05, 0) is 29.8 Å². The van der Waals surface area contributed by atoms with Gasteiger partial charge >= 0.3 is 5.97 Å². The Bertz CT molecular complexity index is 563. The van der Waals surface area contributed by atoms with Crippen molar-refractivity contribution in [3.63, 3.8) is 0 Å². The molecule has 0 amide bonds. The molecule has 0 aliphatic rings. The van der Waals surface area contributed by atoms with Crippen LogP contribution in [-0.2, 0) is 29.0 Å². The van der Waals surface area contributed by atoms with E-state index >= 15 is 0 Å². The smallest absolute Gasteiger partial charge is 0.309 e. The third-order valence-corrected chi connectivity index (χ3v) is 3.48. The lowest BCUT2D eigenvalue weighted by Crippen LogP contribution is -2.23. The van der Waals surface area contributed by atoms with Crippen molar-refractivity contribution in [3.05, 3.63) is 59.5 Å². The molecule has 0 radical (unpaired) electrons. The molecule has 0 saturated heterocycles. The molecule has 21 heavy (non-hydrogen) atoms. The van der Waals surface area contributed by atoms with Crippen LogP contribution in [0, 0.1) is 0 Å². The fourth-order valence-corrected chi connectivity index (χ4v) is 2.26. The summed E-state index contributed by atoms with van der Waals surface area (Å²) >= 11 is 0. The highest BCUT2D eigenvalue weighted by atomic mass is 16.5. The van der Waals surface area contributed by atoms with E-state index in [1.54, 1.807) is 6.26 Å². The monoisotopic (exact) mass is 287 g/mol. The lowest BCUT2D eigenvalue weighted by atomic mass is 10.0. The highest BCUT2D eigenvalue weighted by Crippen LogP contribution is 2.15. The maximum atomic E-state index is 11.5. The Balaban J connectivity index is 2.08. The molecular weight excluding hydrogens is 266 g/mol. The van der Waals surface area contributed by atoms with Crippen molar-refractivity contribution in [3.8, 4) is 0 Å². The predicted octanol–water partition coefficient (Wildman–Crippen LogP) is 3.02. The first-order chi connectivity index (χ1) is 10.2. The van der Waals surface area contributed by atoms with Gasteiger partial charge in [-0.1, -0.05) is 31.2 Å². The summed E-state index contributed by atoms with van der Waals surface area (Å²) in [5, 5.41) is 0. The van der Waals surface area contributed by atoms with Gasteiger partial charge in [-0.25, -0.2) is 0 Å². The van der Waals surface area contributed by atoms with E-state index in [9.17, 15) is 4.79 Å². The molecule has 0 spiro atoms. The summed E-state index contributed by atoms with van der Waals surface area (Å²) in [6.07, 6.45) is 2.00. The molecule has 0 N–H and O–H groups in total. The molecule has 0 atom stereocenters. The highest BCUT2D eigenvalue weighted by molar-refractivity contribution is 5.72. The van der Waals surface area contributed by atoms with E-state index < -0.39 is 0 Å². The zero-order valence-electron chi connectivity index (χ0n) is 12.5. The number of rotatable bonds is 7. The largest absolute Gasteiger partial charge is 0.469 e. The van der Waals surface area contributed by atoms with Gasteiger partial charge in [0.05, 0.1) is 26.3 Å². The molecule has 0 fully saturated rings. The van der Waals surface area contributed by atoms with Crippen molar-refractivity contribution in [1.82, 2.24) is 4.90 Å². The number of ether oxygens (including phenoxy) is 1. The maximum absolute atomic E-state index is 11.5. The zero-order valence-corrected chi connectivity index (χ0v) is 12.5. The van der Waals surface area contributed by atoms with Gasteiger partial charge in [-0.2, -0.15) is 0 Å². The second-order valence-electron chi connectivity index (χ2n) is 4.90. The molecular formula is C17H21NO3. The quantitative estimate of drug-likeness (QED) is 0.734. The van der Waals surface area contributed by atoms with Crippen LogP contribution in [-0.4, -0.2) is 24.5 Å². The van der Waals surface area contributed by atoms with E-state index in [1.807, 2.05) is 30.3 Å². The van der Waals surface area contributed by atoms with E-state index in [-0.39, 0.29) is 5.97 Å². The minimum Gasteiger partial charge on any atom is -0.469 e. The van der Waals surface area contributed by atoms with Crippen molar-refractivity contribution in [1.29, 1.82) is 0 Å². The third-order valence-electron chi connectivity index (χ3n) is 3.48. The standard InChI is InChI=1S/C17H21NO3/c1-3-18(13-16-9-6-10-21-16)12-15-8-5-4-7-14(15)11-17(19)20-2/h4-10H,3,11-13H2,1-2H3. The average molecular weight is 287 g/mol. The molecule has 2 aromatic rings. The Hall–Kier alpha value is -2.07. The van der Waals surface area contributed by atoms with Crippen molar-refractivity contribution >= 4 is 5.97 Å². The highest BCUT2D eigenvalue weighted by Gasteiger charge is 2.12. The van der Waals surface area contributed by atoms with Crippen molar-refractivity contribution in [2.75, 3.05) is 13.7 Å². The van der Waals surface area contributed by atoms with Crippen LogP contribution in [0.25, 0.3) is 0 Å². The van der Waals surface area contributed by atoms with E-state index in [4.69, 9.17) is 9.15 Å². The van der Waals surface area contributed by atoms with Crippen LogP contribution < -0.4 is 0 Å². The SMILES string of the molecule is CCN(Cc1ccco1)Cc1ccccc1CC(=O)OC. The molecule has 0 aliphatic heterocycles. The minimum absolute atomic E-state index is 0.212. The number of hydrogen-bond acceptors (Lipinski definition) is 4. The molecule has 2 rings (SSSR count). The molecule has 0 unspecified atom stereocenters. The Morgan fingerprint density at radius 3 is 2.52 bits per heavy atom. The molecule has 4 nitrogen and oxygen atoms in total. The van der Waals surface area contributed by atoms with Crippen LogP contribution >= 0.6 is 0 Å². The molecule has 1 aromatic carbocycles. The first kappa shape index (κ1) is 15.3. The number of carbonyl (C=O) groups is 1. The van der Waals surface area contributed by atoms with Crippen molar-refractivity contribution < 1.29 is 13.9 Å². The summed E-state index contributed by atoms with van der Waals surface area (Å²) in [5.41, 5.74) is 2.17. The summed E-state index contributed by atoms with van der Waals surface area (Å²) in [4.78, 5) is 13.8. The lowest BCUT2D eigenvalue weighted by molar-refractivity contribution is -0.139. The summed E-state index contributed by atoms with van der Waals surface area (Å²) in [5.74, 6) is 0.735. The number of benzene rings is 1. The number of furan rings is 1. The van der Waals surface area contributed by atoms with Gasteiger partial charge in [0.2, 0.25) is 0 Å². The fraction of sp³-hybridized carbons (Fsp3) is 0.353. The predicted molar refractivity (Wildman–Crippen MR) is 80.7 cm³/mol. The van der Waals surface area contributed by atoms with E-state index in [1.165, 1.54) is 7.11 Å². The average Bonchev–Trinajstić information content (AvgIpc) is 3.01. The number of hydrogen-bond donors (Lipinski definition) is 0. The maximum Gasteiger partial charge on any atom is 0.309 e. The van der Waals surface area contributed by atoms with Gasteiger partial charge in [-0.15, -0.1) is 0 Å². The molecule has 0 bridgehead atoms. The van der Waals surface area contributed by atoms with Gasteiger partial charge < -0.3 is 9.15 Å². The number of nitrogens with zero attached hydrogens (tertiary/aromatic N) is 1. The second kappa shape index (κ2) is 7.64. The number of esters is 1. The lowest BCUT2D eigenvalue weighted by Gasteiger charge is -2.20. The van der Waals surface area contributed by atoms with Crippen LogP contribution in [0.5, 0.6) is 0 Å². The first-order valence-electron chi connectivity index (χ1n) is 7.11. The van der Waals surface area contributed by atoms with Crippen LogP contribution in [0.3, 0.4) is 0 Å². The second-order valence-corrected chi connectivity index (χ2v) is 4.90. The molecule has 4 heteroatoms. The van der Waals surface area contributed by atoms with Crippen LogP contribution in [0.4, 0.5) is 0 Å². The van der Waals surface area contributed by atoms with E-state index in [2.05, 4.69) is 17.9 Å². The summed E-state index contributed by atoms with van der Waals surface area (Å²) in [6.45, 7) is 4.57. The van der Waals surface area contributed by atoms with Crippen LogP contribution in [0.15, 0.2) is 47.1 Å². The Labute approximate surface area is 125 Å². The number of carbonyl (C=O) groups excluding carboxylic acids is 1. The Morgan fingerprint density at radius 1 is 1.14 bits per heavy atom. The molecule has 112 valence electrons. The molecule has 0 aliphatic carbocycles. The molecule has 1 aromatic heterocycles. The molecule has 1 heterocycles. The van der Waals surface area contributed by atoms with Gasteiger partial charge in [0.15, 0.2) is 0 Å². The summed E-state index contributed by atoms with van der Waals surface area (Å²) in [6, 6.07) is 11.9. The van der Waals surface area contributed by atoms with E-state index in [0.29, 0.717) is 6.42 Å². The first-order valence-corrected chi connectivity index (χ1v) is 7.11. The normalized spacial score (nSPS) is 10.8. The van der Waals surface area contributed by atoms with Crippen LogP contribution in [0.1, 0.15) is 23.8 Å². The van der Waals surface area contributed by atoms with Gasteiger partial charge in [0.1, 0.15) is 5.76 Å². The van der Waals surface area contributed by atoms with Gasteiger partial charge in [0, 0.05) is 6.54 Å². The summed E-state index contributed by atoms with van der Waals surface area (Å²) in [7, 11) is 1.42. The van der Waals surface area contributed by atoms with Crippen LogP contribution in [0.2, 0.25) is 0 Å². The van der Waals surface area contributed by atoms with Crippen molar-refractivity contribution in [2.24, 2.45) is 0 Å². The topological polar surface area (TPSA) is 42.7 Å². The zero-order chi connectivity index (χ0) is 15.1. The summed E-state index contributed by atoms with van der Waals surface area (Å²) < 4.78 is 10.2. The third kappa shape index (κ3) is 4.46. The Morgan fingerprint density at radius 2 is 1.90 bits per heavy atom. The fourth-order valence-electron chi connectivity index (χ4n) is 2.26. The van der Waals surface area contributed by atoms with Crippen molar-refractivity contribution in [2.45, 2.75) is 26.4 Å². The number of methoxy groups -OCH3 is 1. The van der Waals surface area contributed by atoms with E-state index in [0.717, 1.165) is 36.5 Å². The Kier molecular flexibility index (Phi) is 5.58. The minimum atomic E-state index is -0.212. The molecule has 0 saturated carbocycles. The van der Waals surface area contributed by atoms with Gasteiger partial charge in [0.25, 0.3) is 0 Å².